The zero-order chi connectivity index (χ0) is 13.2. The van der Waals surface area contributed by atoms with Gasteiger partial charge >= 0.3 is 0 Å². The second kappa shape index (κ2) is 5.17. The number of hydrogen-bond donors (Lipinski definition) is 0. The third-order valence-electron chi connectivity index (χ3n) is 3.36. The molecule has 0 spiro atoms. The molecule has 0 amide bonds. The maximum absolute atomic E-state index is 6.22. The fourth-order valence-electron chi connectivity index (χ4n) is 2.50. The average molecular weight is 275 g/mol. The van der Waals surface area contributed by atoms with E-state index >= 15 is 0 Å². The van der Waals surface area contributed by atoms with E-state index in [1.165, 1.54) is 11.9 Å². The molecule has 4 heteroatoms. The van der Waals surface area contributed by atoms with Crippen molar-refractivity contribution in [2.45, 2.75) is 26.2 Å². The molecule has 0 bridgehead atoms. The lowest BCUT2D eigenvalue weighted by Crippen LogP contribution is -1.98. The van der Waals surface area contributed by atoms with E-state index in [2.05, 4.69) is 29.0 Å². The van der Waals surface area contributed by atoms with Crippen LogP contribution in [0.4, 0.5) is 0 Å². The highest BCUT2D eigenvalue weighted by molar-refractivity contribution is 6.30. The Morgan fingerprint density at radius 2 is 2.21 bits per heavy atom. The van der Waals surface area contributed by atoms with Gasteiger partial charge in [0.2, 0.25) is 0 Å². The van der Waals surface area contributed by atoms with Crippen molar-refractivity contribution in [2.75, 3.05) is 6.61 Å². The molecular weight excluding hydrogens is 260 g/mol. The fraction of sp³-hybridized carbons (Fsp3) is 0.333. The molecule has 0 aliphatic carbocycles. The minimum Gasteiger partial charge on any atom is -0.492 e. The standard InChI is InChI=1S/C15H15ClN2O/c1-2-4-12-13(17-9-18-15(12)16)11-6-3-5-10-7-8-19-14(10)11/h3,5-6,9H,2,4,7-8H2,1H3. The molecule has 3 nitrogen and oxygen atoms in total. The van der Waals surface area contributed by atoms with E-state index in [1.54, 1.807) is 0 Å². The molecule has 1 aliphatic heterocycles. The first-order chi connectivity index (χ1) is 9.31. The van der Waals surface area contributed by atoms with Crippen LogP contribution in [0.15, 0.2) is 24.5 Å². The lowest BCUT2D eigenvalue weighted by Gasteiger charge is -2.12. The van der Waals surface area contributed by atoms with E-state index in [4.69, 9.17) is 16.3 Å². The molecule has 1 aromatic heterocycles. The van der Waals surface area contributed by atoms with E-state index in [1.807, 2.05) is 6.07 Å². The molecule has 1 aliphatic rings. The number of nitrogens with zero attached hydrogens (tertiary/aromatic N) is 2. The first-order valence-electron chi connectivity index (χ1n) is 6.55. The van der Waals surface area contributed by atoms with Gasteiger partial charge in [-0.05, 0) is 18.1 Å². The van der Waals surface area contributed by atoms with Gasteiger partial charge in [0.25, 0.3) is 0 Å². The summed E-state index contributed by atoms with van der Waals surface area (Å²) >= 11 is 6.22. The Hall–Kier alpha value is -1.61. The van der Waals surface area contributed by atoms with Gasteiger partial charge in [-0.15, -0.1) is 0 Å². The molecule has 0 fully saturated rings. The predicted octanol–water partition coefficient (Wildman–Crippen LogP) is 3.68. The molecule has 98 valence electrons. The zero-order valence-electron chi connectivity index (χ0n) is 10.8. The lowest BCUT2D eigenvalue weighted by molar-refractivity contribution is 0.358. The second-order valence-corrected chi connectivity index (χ2v) is 4.99. The quantitative estimate of drug-likeness (QED) is 0.801. The van der Waals surface area contributed by atoms with Crippen molar-refractivity contribution in [1.29, 1.82) is 0 Å². The number of rotatable bonds is 3. The molecule has 0 saturated carbocycles. The summed E-state index contributed by atoms with van der Waals surface area (Å²) in [6.45, 7) is 2.87. The summed E-state index contributed by atoms with van der Waals surface area (Å²) in [5, 5.41) is 0.544. The van der Waals surface area contributed by atoms with E-state index < -0.39 is 0 Å². The molecule has 0 N–H and O–H groups in total. The van der Waals surface area contributed by atoms with Gasteiger partial charge < -0.3 is 4.74 Å². The number of ether oxygens (including phenoxy) is 1. The van der Waals surface area contributed by atoms with Crippen LogP contribution in [0.2, 0.25) is 5.15 Å². The summed E-state index contributed by atoms with van der Waals surface area (Å²) in [6.07, 6.45) is 4.37. The second-order valence-electron chi connectivity index (χ2n) is 4.63. The Kier molecular flexibility index (Phi) is 3.38. The van der Waals surface area contributed by atoms with Crippen LogP contribution < -0.4 is 4.74 Å². The SMILES string of the molecule is CCCc1c(Cl)ncnc1-c1cccc2c1OCC2. The van der Waals surface area contributed by atoms with Gasteiger partial charge in [-0.1, -0.05) is 37.1 Å². The van der Waals surface area contributed by atoms with Crippen molar-refractivity contribution in [1.82, 2.24) is 9.97 Å². The highest BCUT2D eigenvalue weighted by Gasteiger charge is 2.20. The molecule has 0 radical (unpaired) electrons. The zero-order valence-corrected chi connectivity index (χ0v) is 11.6. The molecule has 0 saturated heterocycles. The molecule has 2 aromatic rings. The molecule has 3 rings (SSSR count). The summed E-state index contributed by atoms with van der Waals surface area (Å²) in [6, 6.07) is 6.20. The number of hydrogen-bond acceptors (Lipinski definition) is 3. The van der Waals surface area contributed by atoms with Gasteiger partial charge in [0.15, 0.2) is 0 Å². The van der Waals surface area contributed by atoms with Gasteiger partial charge in [0.1, 0.15) is 17.2 Å². The van der Waals surface area contributed by atoms with Crippen LogP contribution in [0.3, 0.4) is 0 Å². The summed E-state index contributed by atoms with van der Waals surface area (Å²) in [7, 11) is 0. The minimum atomic E-state index is 0.544. The maximum Gasteiger partial charge on any atom is 0.136 e. The van der Waals surface area contributed by atoms with E-state index in [0.717, 1.165) is 48.4 Å². The Morgan fingerprint density at radius 1 is 1.32 bits per heavy atom. The number of benzene rings is 1. The highest BCUT2D eigenvalue weighted by Crippen LogP contribution is 2.38. The van der Waals surface area contributed by atoms with E-state index in [0.29, 0.717) is 5.15 Å². The molecular formula is C15H15ClN2O. The van der Waals surface area contributed by atoms with Crippen LogP contribution in [0.1, 0.15) is 24.5 Å². The smallest absolute Gasteiger partial charge is 0.136 e. The van der Waals surface area contributed by atoms with Crippen molar-refractivity contribution < 1.29 is 4.74 Å². The van der Waals surface area contributed by atoms with Gasteiger partial charge in [-0.2, -0.15) is 0 Å². The summed E-state index contributed by atoms with van der Waals surface area (Å²) in [4.78, 5) is 8.52. The summed E-state index contributed by atoms with van der Waals surface area (Å²) < 4.78 is 5.75. The largest absolute Gasteiger partial charge is 0.492 e. The van der Waals surface area contributed by atoms with Gasteiger partial charge in [-0.25, -0.2) is 9.97 Å². The third-order valence-corrected chi connectivity index (χ3v) is 3.69. The van der Waals surface area contributed by atoms with Crippen LogP contribution >= 0.6 is 11.6 Å². The fourth-order valence-corrected chi connectivity index (χ4v) is 2.72. The predicted molar refractivity (Wildman–Crippen MR) is 75.7 cm³/mol. The average Bonchev–Trinajstić information content (AvgIpc) is 2.89. The molecule has 1 aromatic carbocycles. The van der Waals surface area contributed by atoms with Crippen molar-refractivity contribution in [2.24, 2.45) is 0 Å². The molecule has 0 unspecified atom stereocenters. The van der Waals surface area contributed by atoms with Crippen molar-refractivity contribution in [3.05, 3.63) is 40.8 Å². The third kappa shape index (κ3) is 2.19. The Balaban J connectivity index is 2.17. The van der Waals surface area contributed by atoms with Crippen LogP contribution in [0, 0.1) is 0 Å². The Bertz CT molecular complexity index is 613. The van der Waals surface area contributed by atoms with Crippen LogP contribution in [-0.2, 0) is 12.8 Å². The summed E-state index contributed by atoms with van der Waals surface area (Å²) in [5.41, 5.74) is 4.19. The lowest BCUT2D eigenvalue weighted by atomic mass is 10.0. The molecule has 0 atom stereocenters. The van der Waals surface area contributed by atoms with Crippen molar-refractivity contribution in [3.63, 3.8) is 0 Å². The van der Waals surface area contributed by atoms with E-state index in [9.17, 15) is 0 Å². The monoisotopic (exact) mass is 274 g/mol. The first kappa shape index (κ1) is 12.4. The highest BCUT2D eigenvalue weighted by atomic mass is 35.5. The van der Waals surface area contributed by atoms with Crippen molar-refractivity contribution >= 4 is 11.6 Å². The van der Waals surface area contributed by atoms with Crippen LogP contribution in [0.5, 0.6) is 5.75 Å². The van der Waals surface area contributed by atoms with Crippen LogP contribution in [-0.4, -0.2) is 16.6 Å². The number of aromatic nitrogens is 2. The number of fused-ring (bicyclic) bond motifs is 1. The topological polar surface area (TPSA) is 35.0 Å². The van der Waals surface area contributed by atoms with Gasteiger partial charge in [0.05, 0.1) is 12.3 Å². The van der Waals surface area contributed by atoms with Gasteiger partial charge in [-0.3, -0.25) is 0 Å². The normalized spacial score (nSPS) is 13.2. The van der Waals surface area contributed by atoms with Gasteiger partial charge in [0, 0.05) is 17.5 Å². The molecule has 2 heterocycles. The molecule has 19 heavy (non-hydrogen) atoms. The number of para-hydroxylation sites is 1. The number of halogens is 1. The Morgan fingerprint density at radius 3 is 3.05 bits per heavy atom. The summed E-state index contributed by atoms with van der Waals surface area (Å²) in [5.74, 6) is 0.953. The van der Waals surface area contributed by atoms with Crippen molar-refractivity contribution in [3.8, 4) is 17.0 Å². The first-order valence-corrected chi connectivity index (χ1v) is 6.93. The van der Waals surface area contributed by atoms with Crippen LogP contribution in [0.25, 0.3) is 11.3 Å². The Labute approximate surface area is 117 Å². The minimum absolute atomic E-state index is 0.544. The van der Waals surface area contributed by atoms with E-state index in [-0.39, 0.29) is 0 Å². The maximum atomic E-state index is 6.22.